The maximum atomic E-state index is 12.3. The molecule has 2 aromatic rings. The highest BCUT2D eigenvalue weighted by Crippen LogP contribution is 2.30. The number of hydrogen-bond acceptors (Lipinski definition) is 3. The number of rotatable bonds is 4. The zero-order chi connectivity index (χ0) is 16.9. The number of fused-ring (bicyclic) bond motifs is 1. The van der Waals surface area contributed by atoms with Crippen molar-refractivity contribution in [1.29, 1.82) is 0 Å². The van der Waals surface area contributed by atoms with Gasteiger partial charge in [-0.3, -0.25) is 0 Å². The van der Waals surface area contributed by atoms with Crippen molar-refractivity contribution in [2.45, 2.75) is 19.6 Å². The number of carbonyl (C=O) groups is 1. The lowest BCUT2D eigenvalue weighted by molar-refractivity contribution is 0.0904. The Hall–Kier alpha value is -2.69. The average molecular weight is 326 g/mol. The minimum Gasteiger partial charge on any atom is -0.486 e. The summed E-state index contributed by atoms with van der Waals surface area (Å²) in [5.74, 6) is 1.47. The molecule has 0 bridgehead atoms. The molecule has 5 heteroatoms. The SMILES string of the molecule is Cc1ccccc1CN(C)C(=O)NC[C@H]1COc2ccccc2O1. The van der Waals surface area contributed by atoms with Crippen LogP contribution in [0.25, 0.3) is 0 Å². The Bertz CT molecular complexity index is 717. The largest absolute Gasteiger partial charge is 0.486 e. The molecule has 1 heterocycles. The maximum absolute atomic E-state index is 12.3. The number of carbonyl (C=O) groups excluding carboxylic acids is 1. The van der Waals surface area contributed by atoms with Gasteiger partial charge < -0.3 is 19.7 Å². The fraction of sp³-hybridized carbons (Fsp3) is 0.316. The molecule has 1 aliphatic rings. The molecular weight excluding hydrogens is 304 g/mol. The third-order valence-electron chi connectivity index (χ3n) is 4.06. The van der Waals surface area contributed by atoms with Gasteiger partial charge in [0, 0.05) is 13.6 Å². The summed E-state index contributed by atoms with van der Waals surface area (Å²) in [4.78, 5) is 13.9. The van der Waals surface area contributed by atoms with Crippen LogP contribution in [0.15, 0.2) is 48.5 Å². The highest BCUT2D eigenvalue weighted by Gasteiger charge is 2.21. The van der Waals surface area contributed by atoms with Crippen molar-refractivity contribution in [3.63, 3.8) is 0 Å². The highest BCUT2D eigenvalue weighted by molar-refractivity contribution is 5.73. The summed E-state index contributed by atoms with van der Waals surface area (Å²) >= 11 is 0. The predicted molar refractivity (Wildman–Crippen MR) is 92.4 cm³/mol. The van der Waals surface area contributed by atoms with Gasteiger partial charge in [-0.15, -0.1) is 0 Å². The van der Waals surface area contributed by atoms with Crippen LogP contribution in [0.3, 0.4) is 0 Å². The Morgan fingerprint density at radius 2 is 1.88 bits per heavy atom. The first-order valence-corrected chi connectivity index (χ1v) is 8.05. The van der Waals surface area contributed by atoms with Crippen LogP contribution in [0.5, 0.6) is 11.5 Å². The van der Waals surface area contributed by atoms with Crippen molar-refractivity contribution >= 4 is 6.03 Å². The van der Waals surface area contributed by atoms with Gasteiger partial charge in [-0.1, -0.05) is 36.4 Å². The molecule has 0 aromatic heterocycles. The van der Waals surface area contributed by atoms with E-state index in [9.17, 15) is 4.79 Å². The molecule has 0 radical (unpaired) electrons. The second kappa shape index (κ2) is 7.25. The number of nitrogens with zero attached hydrogens (tertiary/aromatic N) is 1. The summed E-state index contributed by atoms with van der Waals surface area (Å²) in [6, 6.07) is 15.5. The molecule has 0 unspecified atom stereocenters. The lowest BCUT2D eigenvalue weighted by atomic mass is 10.1. The van der Waals surface area contributed by atoms with Gasteiger partial charge in [-0.2, -0.15) is 0 Å². The zero-order valence-corrected chi connectivity index (χ0v) is 14.0. The molecule has 0 saturated heterocycles. The van der Waals surface area contributed by atoms with Crippen LogP contribution < -0.4 is 14.8 Å². The minimum absolute atomic E-state index is 0.124. The molecule has 126 valence electrons. The van der Waals surface area contributed by atoms with E-state index in [2.05, 4.69) is 5.32 Å². The van der Waals surface area contributed by atoms with Crippen molar-refractivity contribution < 1.29 is 14.3 Å². The van der Waals surface area contributed by atoms with Crippen LogP contribution in [0.1, 0.15) is 11.1 Å². The van der Waals surface area contributed by atoms with Crippen LogP contribution >= 0.6 is 0 Å². The van der Waals surface area contributed by atoms with Crippen LogP contribution in [0.4, 0.5) is 4.79 Å². The van der Waals surface area contributed by atoms with E-state index >= 15 is 0 Å². The number of aryl methyl sites for hydroxylation is 1. The summed E-state index contributed by atoms with van der Waals surface area (Å²) < 4.78 is 11.5. The number of urea groups is 1. The first kappa shape index (κ1) is 16.2. The first-order chi connectivity index (χ1) is 11.6. The molecule has 5 nitrogen and oxygen atoms in total. The van der Waals surface area contributed by atoms with Crippen molar-refractivity contribution in [2.75, 3.05) is 20.2 Å². The van der Waals surface area contributed by atoms with E-state index in [1.807, 2.05) is 55.5 Å². The third kappa shape index (κ3) is 3.79. The highest BCUT2D eigenvalue weighted by atomic mass is 16.6. The molecule has 0 saturated carbocycles. The first-order valence-electron chi connectivity index (χ1n) is 8.05. The molecule has 3 rings (SSSR count). The number of hydrogen-bond donors (Lipinski definition) is 1. The molecule has 2 amide bonds. The lowest BCUT2D eigenvalue weighted by Gasteiger charge is -2.27. The Kier molecular flexibility index (Phi) is 4.89. The molecule has 0 aliphatic carbocycles. The van der Waals surface area contributed by atoms with E-state index in [1.54, 1.807) is 11.9 Å². The Morgan fingerprint density at radius 1 is 1.17 bits per heavy atom. The van der Waals surface area contributed by atoms with Crippen molar-refractivity contribution in [1.82, 2.24) is 10.2 Å². The fourth-order valence-electron chi connectivity index (χ4n) is 2.61. The number of ether oxygens (including phenoxy) is 2. The Labute approximate surface area is 142 Å². The second-order valence-electron chi connectivity index (χ2n) is 5.97. The molecule has 0 fully saturated rings. The van der Waals surface area contributed by atoms with E-state index in [1.165, 1.54) is 5.56 Å². The van der Waals surface area contributed by atoms with Gasteiger partial charge in [0.25, 0.3) is 0 Å². The molecular formula is C19H22N2O3. The van der Waals surface area contributed by atoms with E-state index < -0.39 is 0 Å². The quantitative estimate of drug-likeness (QED) is 0.940. The second-order valence-corrected chi connectivity index (χ2v) is 5.97. The predicted octanol–water partition coefficient (Wildman–Crippen LogP) is 2.98. The zero-order valence-electron chi connectivity index (χ0n) is 14.0. The normalized spacial score (nSPS) is 15.7. The van der Waals surface area contributed by atoms with Gasteiger partial charge in [-0.25, -0.2) is 4.79 Å². The van der Waals surface area contributed by atoms with Crippen molar-refractivity contribution in [3.8, 4) is 11.5 Å². The fourth-order valence-corrected chi connectivity index (χ4v) is 2.61. The van der Waals surface area contributed by atoms with Gasteiger partial charge in [0.1, 0.15) is 6.61 Å². The van der Waals surface area contributed by atoms with E-state index in [-0.39, 0.29) is 12.1 Å². The van der Waals surface area contributed by atoms with E-state index in [4.69, 9.17) is 9.47 Å². The van der Waals surface area contributed by atoms with Crippen LogP contribution in [-0.4, -0.2) is 37.2 Å². The van der Waals surface area contributed by atoms with E-state index in [0.717, 1.165) is 17.1 Å². The third-order valence-corrected chi connectivity index (χ3v) is 4.06. The lowest BCUT2D eigenvalue weighted by Crippen LogP contribution is -2.44. The summed E-state index contributed by atoms with van der Waals surface area (Å²) in [7, 11) is 1.79. The van der Waals surface area contributed by atoms with Gasteiger partial charge in [0.05, 0.1) is 6.54 Å². The van der Waals surface area contributed by atoms with Crippen molar-refractivity contribution in [2.24, 2.45) is 0 Å². The van der Waals surface area contributed by atoms with Crippen LogP contribution in [-0.2, 0) is 6.54 Å². The van der Waals surface area contributed by atoms with Crippen LogP contribution in [0, 0.1) is 6.92 Å². The Balaban J connectivity index is 1.50. The molecule has 0 spiro atoms. The summed E-state index contributed by atoms with van der Waals surface area (Å²) in [6.45, 7) is 3.46. The van der Waals surface area contributed by atoms with Crippen molar-refractivity contribution in [3.05, 3.63) is 59.7 Å². The average Bonchev–Trinajstić information content (AvgIpc) is 2.61. The smallest absolute Gasteiger partial charge is 0.317 e. The summed E-state index contributed by atoms with van der Waals surface area (Å²) in [5, 5.41) is 2.90. The minimum atomic E-state index is -0.185. The number of nitrogens with one attached hydrogen (secondary N) is 1. The topological polar surface area (TPSA) is 50.8 Å². The molecule has 1 atom stereocenters. The summed E-state index contributed by atoms with van der Waals surface area (Å²) in [6.07, 6.45) is -0.185. The van der Waals surface area contributed by atoms with Gasteiger partial charge >= 0.3 is 6.03 Å². The van der Waals surface area contributed by atoms with Gasteiger partial charge in [0.15, 0.2) is 17.6 Å². The molecule has 2 aromatic carbocycles. The molecule has 1 aliphatic heterocycles. The van der Waals surface area contributed by atoms with E-state index in [0.29, 0.717) is 19.7 Å². The van der Waals surface area contributed by atoms with Gasteiger partial charge in [0.2, 0.25) is 0 Å². The standard InChI is InChI=1S/C19H22N2O3/c1-14-7-3-4-8-15(14)12-21(2)19(22)20-11-16-13-23-17-9-5-6-10-18(17)24-16/h3-10,16H,11-13H2,1-2H3,(H,20,22)/t16-/m0/s1. The number of para-hydroxylation sites is 2. The number of benzene rings is 2. The number of amides is 2. The monoisotopic (exact) mass is 326 g/mol. The maximum Gasteiger partial charge on any atom is 0.317 e. The molecule has 24 heavy (non-hydrogen) atoms. The summed E-state index contributed by atoms with van der Waals surface area (Å²) in [5.41, 5.74) is 2.32. The van der Waals surface area contributed by atoms with Crippen LogP contribution in [0.2, 0.25) is 0 Å². The molecule has 1 N–H and O–H groups in total. The van der Waals surface area contributed by atoms with Gasteiger partial charge in [-0.05, 0) is 30.2 Å². The Morgan fingerprint density at radius 3 is 2.67 bits per heavy atom.